The van der Waals surface area contributed by atoms with Gasteiger partial charge in [0.2, 0.25) is 0 Å². The van der Waals surface area contributed by atoms with Crippen LogP contribution in [0.1, 0.15) is 27.7 Å². The smallest absolute Gasteiger partial charge is 0.0472 e. The maximum atomic E-state index is 4.48. The Morgan fingerprint density at radius 2 is 2.15 bits per heavy atom. The summed E-state index contributed by atoms with van der Waals surface area (Å²) in [6.07, 6.45) is 8.48. The van der Waals surface area contributed by atoms with Crippen LogP contribution in [0.2, 0.25) is 0 Å². The summed E-state index contributed by atoms with van der Waals surface area (Å²) in [6, 6.07) is 0. The summed E-state index contributed by atoms with van der Waals surface area (Å²) < 4.78 is 0. The summed E-state index contributed by atoms with van der Waals surface area (Å²) >= 11 is 0. The number of hydrogen-bond acceptors (Lipinski definition) is 1. The number of hydrogen-bond donors (Lipinski definition) is 0. The molecule has 0 bridgehead atoms. The lowest BCUT2D eigenvalue weighted by Gasteiger charge is -2.12. The van der Waals surface area contributed by atoms with Crippen LogP contribution in [-0.2, 0) is 0 Å². The predicted octanol–water partition coefficient (Wildman–Crippen LogP) is 3.50. The SMILES string of the molecule is CC(C)=C/C=C1/N=C(C)C=CC1C. The van der Waals surface area contributed by atoms with Gasteiger partial charge in [0.25, 0.3) is 0 Å². The molecule has 1 rings (SSSR count). The zero-order valence-electron chi connectivity index (χ0n) is 8.83. The second-order valence-electron chi connectivity index (χ2n) is 3.74. The largest absolute Gasteiger partial charge is 0.258 e. The average molecular weight is 175 g/mol. The highest BCUT2D eigenvalue weighted by molar-refractivity contribution is 5.94. The first kappa shape index (κ1) is 9.97. The van der Waals surface area contributed by atoms with E-state index in [1.54, 1.807) is 0 Å². The number of allylic oxidation sites excluding steroid dienone is 5. The minimum Gasteiger partial charge on any atom is -0.258 e. The molecule has 0 radical (unpaired) electrons. The van der Waals surface area contributed by atoms with Crippen molar-refractivity contribution >= 4 is 5.71 Å². The maximum absolute atomic E-state index is 4.48. The third-order valence-electron chi connectivity index (χ3n) is 1.99. The van der Waals surface area contributed by atoms with Crippen LogP contribution in [0.4, 0.5) is 0 Å². The van der Waals surface area contributed by atoms with E-state index in [-0.39, 0.29) is 0 Å². The van der Waals surface area contributed by atoms with Crippen molar-refractivity contribution in [3.05, 3.63) is 35.6 Å². The van der Waals surface area contributed by atoms with Gasteiger partial charge in [-0.1, -0.05) is 24.6 Å². The minimum absolute atomic E-state index is 0.444. The van der Waals surface area contributed by atoms with E-state index in [4.69, 9.17) is 0 Å². The van der Waals surface area contributed by atoms with E-state index in [2.05, 4.69) is 50.1 Å². The van der Waals surface area contributed by atoms with Crippen molar-refractivity contribution < 1.29 is 0 Å². The molecule has 0 spiro atoms. The molecule has 1 atom stereocenters. The van der Waals surface area contributed by atoms with Crippen molar-refractivity contribution in [2.75, 3.05) is 0 Å². The lowest BCUT2D eigenvalue weighted by molar-refractivity contribution is 0.839. The summed E-state index contributed by atoms with van der Waals surface area (Å²) in [6.45, 7) is 8.38. The molecule has 1 heteroatoms. The minimum atomic E-state index is 0.444. The molecule has 13 heavy (non-hydrogen) atoms. The van der Waals surface area contributed by atoms with Crippen LogP contribution in [0.3, 0.4) is 0 Å². The van der Waals surface area contributed by atoms with E-state index in [1.807, 2.05) is 6.92 Å². The molecule has 1 nitrogen and oxygen atoms in total. The van der Waals surface area contributed by atoms with E-state index >= 15 is 0 Å². The summed E-state index contributed by atoms with van der Waals surface area (Å²) in [5, 5.41) is 0. The predicted molar refractivity (Wildman–Crippen MR) is 58.9 cm³/mol. The van der Waals surface area contributed by atoms with Gasteiger partial charge in [-0.25, -0.2) is 0 Å². The quantitative estimate of drug-likeness (QED) is 0.578. The molecule has 0 aromatic carbocycles. The van der Waals surface area contributed by atoms with E-state index < -0.39 is 0 Å². The monoisotopic (exact) mass is 175 g/mol. The topological polar surface area (TPSA) is 12.4 Å². The van der Waals surface area contributed by atoms with Crippen LogP contribution in [0.15, 0.2) is 40.6 Å². The number of dihydropyridines is 1. The third-order valence-corrected chi connectivity index (χ3v) is 1.99. The van der Waals surface area contributed by atoms with Gasteiger partial charge in [-0.2, -0.15) is 0 Å². The fourth-order valence-electron chi connectivity index (χ4n) is 1.17. The summed E-state index contributed by atoms with van der Waals surface area (Å²) in [5.41, 5.74) is 3.55. The normalized spacial score (nSPS) is 24.5. The van der Waals surface area contributed by atoms with Gasteiger partial charge in [0.15, 0.2) is 0 Å². The average Bonchev–Trinajstić information content (AvgIpc) is 2.06. The first-order chi connectivity index (χ1) is 6.09. The molecule has 1 aliphatic rings. The van der Waals surface area contributed by atoms with Gasteiger partial charge in [0.05, 0.1) is 0 Å². The molecule has 0 aromatic rings. The molecule has 0 fully saturated rings. The Morgan fingerprint density at radius 1 is 1.46 bits per heavy atom. The lowest BCUT2D eigenvalue weighted by Crippen LogP contribution is -2.02. The van der Waals surface area contributed by atoms with Crippen molar-refractivity contribution in [1.82, 2.24) is 0 Å². The number of aliphatic imine (C=N–C) groups is 1. The number of rotatable bonds is 1. The molecule has 0 saturated heterocycles. The highest BCUT2D eigenvalue weighted by Gasteiger charge is 2.07. The first-order valence-electron chi connectivity index (χ1n) is 4.68. The van der Waals surface area contributed by atoms with Gasteiger partial charge in [0.1, 0.15) is 0 Å². The molecular formula is C12H17N. The Bertz CT molecular complexity index is 299. The van der Waals surface area contributed by atoms with Crippen molar-refractivity contribution in [2.24, 2.45) is 10.9 Å². The summed E-state index contributed by atoms with van der Waals surface area (Å²) in [4.78, 5) is 4.48. The zero-order valence-corrected chi connectivity index (χ0v) is 8.83. The van der Waals surface area contributed by atoms with Crippen LogP contribution in [-0.4, -0.2) is 5.71 Å². The van der Waals surface area contributed by atoms with Crippen LogP contribution in [0.5, 0.6) is 0 Å². The molecular weight excluding hydrogens is 158 g/mol. The van der Waals surface area contributed by atoms with Crippen LogP contribution < -0.4 is 0 Å². The lowest BCUT2D eigenvalue weighted by atomic mass is 10.0. The van der Waals surface area contributed by atoms with Crippen LogP contribution >= 0.6 is 0 Å². The summed E-state index contributed by atoms with van der Waals surface area (Å²) in [7, 11) is 0. The first-order valence-corrected chi connectivity index (χ1v) is 4.68. The van der Waals surface area contributed by atoms with Gasteiger partial charge < -0.3 is 0 Å². The van der Waals surface area contributed by atoms with Gasteiger partial charge in [0, 0.05) is 17.3 Å². The molecule has 70 valence electrons. The van der Waals surface area contributed by atoms with Crippen LogP contribution in [0.25, 0.3) is 0 Å². The molecule has 0 saturated carbocycles. The highest BCUT2D eigenvalue weighted by atomic mass is 14.8. The van der Waals surface area contributed by atoms with E-state index in [9.17, 15) is 0 Å². The molecule has 1 unspecified atom stereocenters. The summed E-state index contributed by atoms with van der Waals surface area (Å²) in [5.74, 6) is 0.444. The molecule has 0 aliphatic carbocycles. The van der Waals surface area contributed by atoms with Crippen molar-refractivity contribution in [1.29, 1.82) is 0 Å². The Morgan fingerprint density at radius 3 is 2.77 bits per heavy atom. The van der Waals surface area contributed by atoms with E-state index in [0.29, 0.717) is 5.92 Å². The Hall–Kier alpha value is -1.11. The number of nitrogens with zero attached hydrogens (tertiary/aromatic N) is 1. The highest BCUT2D eigenvalue weighted by Crippen LogP contribution is 2.18. The van der Waals surface area contributed by atoms with Gasteiger partial charge in [-0.05, 0) is 32.9 Å². The maximum Gasteiger partial charge on any atom is 0.0472 e. The second kappa shape index (κ2) is 4.22. The fourth-order valence-corrected chi connectivity index (χ4v) is 1.17. The molecule has 1 aliphatic heterocycles. The zero-order chi connectivity index (χ0) is 9.84. The van der Waals surface area contributed by atoms with Crippen LogP contribution in [0, 0.1) is 5.92 Å². The van der Waals surface area contributed by atoms with Crippen molar-refractivity contribution in [2.45, 2.75) is 27.7 Å². The Balaban J connectivity index is 2.86. The molecule has 0 amide bonds. The second-order valence-corrected chi connectivity index (χ2v) is 3.74. The molecule has 1 heterocycles. The van der Waals surface area contributed by atoms with Gasteiger partial charge in [-0.15, -0.1) is 0 Å². The van der Waals surface area contributed by atoms with Crippen molar-refractivity contribution in [3.8, 4) is 0 Å². The molecule has 0 N–H and O–H groups in total. The van der Waals surface area contributed by atoms with E-state index in [0.717, 1.165) is 11.4 Å². The van der Waals surface area contributed by atoms with E-state index in [1.165, 1.54) is 5.57 Å². The third kappa shape index (κ3) is 3.02. The van der Waals surface area contributed by atoms with Crippen molar-refractivity contribution in [3.63, 3.8) is 0 Å². The van der Waals surface area contributed by atoms with Gasteiger partial charge in [-0.3, -0.25) is 4.99 Å². The Kier molecular flexibility index (Phi) is 3.24. The Labute approximate surface area is 80.6 Å². The standard InChI is InChI=1S/C12H17N/c1-9(2)5-8-12-10(3)6-7-11(4)13-12/h5-8,10H,1-4H3/b12-8+. The fraction of sp³-hybridized carbons (Fsp3) is 0.417. The molecule has 0 aromatic heterocycles. The van der Waals surface area contributed by atoms with Gasteiger partial charge >= 0.3 is 0 Å².